The van der Waals surface area contributed by atoms with Gasteiger partial charge in [-0.1, -0.05) is 0 Å². The predicted octanol–water partition coefficient (Wildman–Crippen LogP) is 2.90. The number of hydrogen-bond acceptors (Lipinski definition) is 6. The largest absolute Gasteiger partial charge is 0.493 e. The van der Waals surface area contributed by atoms with Crippen LogP contribution in [0.1, 0.15) is 42.3 Å². The van der Waals surface area contributed by atoms with Crippen LogP contribution < -0.4 is 14.8 Å². The van der Waals surface area contributed by atoms with Gasteiger partial charge in [-0.15, -0.1) is 0 Å². The lowest BCUT2D eigenvalue weighted by atomic mass is 9.98. The van der Waals surface area contributed by atoms with Gasteiger partial charge in [0.15, 0.2) is 11.5 Å². The van der Waals surface area contributed by atoms with E-state index in [2.05, 4.69) is 15.3 Å². The number of aromatic nitrogens is 2. The number of carbonyl (C=O) groups excluding carboxylic acids is 1. The molecule has 0 spiro atoms. The molecule has 0 bridgehead atoms. The van der Waals surface area contributed by atoms with Gasteiger partial charge in [0.25, 0.3) is 5.91 Å². The zero-order valence-electron chi connectivity index (χ0n) is 16.5. The van der Waals surface area contributed by atoms with Crippen LogP contribution in [0.15, 0.2) is 24.5 Å². The summed E-state index contributed by atoms with van der Waals surface area (Å²) in [5.41, 5.74) is 2.60. The maximum Gasteiger partial charge on any atom is 0.257 e. The fourth-order valence-electron chi connectivity index (χ4n) is 3.08. The summed E-state index contributed by atoms with van der Waals surface area (Å²) in [4.78, 5) is 23.2. The Kier molecular flexibility index (Phi) is 5.21. The quantitative estimate of drug-likeness (QED) is 0.892. The number of rotatable bonds is 4. The molecule has 1 N–H and O–H groups in total. The minimum absolute atomic E-state index is 0.0715. The number of ether oxygens (including phenoxy) is 2. The van der Waals surface area contributed by atoms with Crippen molar-refractivity contribution in [3.05, 3.63) is 41.2 Å². The molecule has 2 aromatic rings. The molecule has 0 aliphatic carbocycles. The normalized spacial score (nSPS) is 13.7. The Morgan fingerprint density at radius 2 is 1.67 bits per heavy atom. The van der Waals surface area contributed by atoms with E-state index in [-0.39, 0.29) is 11.4 Å². The third-order valence-electron chi connectivity index (χ3n) is 4.39. The van der Waals surface area contributed by atoms with Crippen molar-refractivity contribution in [3.63, 3.8) is 0 Å². The molecule has 1 aromatic heterocycles. The van der Waals surface area contributed by atoms with E-state index in [1.807, 2.05) is 37.8 Å². The summed E-state index contributed by atoms with van der Waals surface area (Å²) in [5.74, 6) is 1.83. The third-order valence-corrected chi connectivity index (χ3v) is 4.39. The van der Waals surface area contributed by atoms with Crippen molar-refractivity contribution in [1.29, 1.82) is 0 Å². The maximum atomic E-state index is 12.9. The molecule has 1 aliphatic heterocycles. The maximum absolute atomic E-state index is 12.9. The first-order valence-corrected chi connectivity index (χ1v) is 8.94. The number of amides is 1. The number of methoxy groups -OCH3 is 2. The fourth-order valence-corrected chi connectivity index (χ4v) is 3.08. The number of hydrogen-bond donors (Lipinski definition) is 1. The molecule has 1 aliphatic rings. The Balaban J connectivity index is 1.75. The van der Waals surface area contributed by atoms with Crippen LogP contribution in [0.2, 0.25) is 0 Å². The standard InChI is InChI=1S/C20H26N4O3/c1-20(2,3)23-19-21-10-15(11-22-19)18(25)24-7-6-13-8-16(26-4)17(27-5)9-14(13)12-24/h8-11H,6-7,12H2,1-5H3,(H,21,22,23). The van der Waals surface area contributed by atoms with Gasteiger partial charge in [-0.05, 0) is 50.5 Å². The van der Waals surface area contributed by atoms with Crippen molar-refractivity contribution in [3.8, 4) is 11.5 Å². The van der Waals surface area contributed by atoms with E-state index >= 15 is 0 Å². The van der Waals surface area contributed by atoms with E-state index < -0.39 is 0 Å². The molecule has 0 saturated carbocycles. The highest BCUT2D eigenvalue weighted by Crippen LogP contribution is 2.33. The molecule has 7 heteroatoms. The first-order valence-electron chi connectivity index (χ1n) is 8.94. The first-order chi connectivity index (χ1) is 12.8. The lowest BCUT2D eigenvalue weighted by Crippen LogP contribution is -2.36. The molecular formula is C20H26N4O3. The molecule has 1 amide bonds. The van der Waals surface area contributed by atoms with Crippen LogP contribution in [-0.2, 0) is 13.0 Å². The molecule has 3 rings (SSSR count). The van der Waals surface area contributed by atoms with Crippen molar-refractivity contribution in [2.45, 2.75) is 39.3 Å². The van der Waals surface area contributed by atoms with Gasteiger partial charge < -0.3 is 19.7 Å². The Bertz CT molecular complexity index is 828. The Labute approximate surface area is 159 Å². The number of nitrogens with one attached hydrogen (secondary N) is 1. The van der Waals surface area contributed by atoms with E-state index in [4.69, 9.17) is 9.47 Å². The topological polar surface area (TPSA) is 76.6 Å². The highest BCUT2D eigenvalue weighted by molar-refractivity contribution is 5.93. The second-order valence-electron chi connectivity index (χ2n) is 7.62. The number of nitrogens with zero attached hydrogens (tertiary/aromatic N) is 3. The monoisotopic (exact) mass is 370 g/mol. The van der Waals surface area contributed by atoms with Crippen molar-refractivity contribution in [2.24, 2.45) is 0 Å². The molecule has 7 nitrogen and oxygen atoms in total. The summed E-state index contributed by atoms with van der Waals surface area (Å²) in [6.45, 7) is 7.26. The van der Waals surface area contributed by atoms with Crippen LogP contribution in [0.3, 0.4) is 0 Å². The molecule has 0 fully saturated rings. The lowest BCUT2D eigenvalue weighted by Gasteiger charge is -2.29. The second-order valence-corrected chi connectivity index (χ2v) is 7.62. The number of benzene rings is 1. The molecule has 1 aromatic carbocycles. The highest BCUT2D eigenvalue weighted by atomic mass is 16.5. The van der Waals surface area contributed by atoms with Crippen molar-refractivity contribution >= 4 is 11.9 Å². The van der Waals surface area contributed by atoms with Crippen LogP contribution in [-0.4, -0.2) is 47.1 Å². The zero-order valence-corrected chi connectivity index (χ0v) is 16.5. The van der Waals surface area contributed by atoms with Crippen molar-refractivity contribution < 1.29 is 14.3 Å². The molecule has 144 valence electrons. The van der Waals surface area contributed by atoms with Gasteiger partial charge in [0, 0.05) is 31.0 Å². The van der Waals surface area contributed by atoms with Crippen molar-refractivity contribution in [2.75, 3.05) is 26.1 Å². The molecule has 0 radical (unpaired) electrons. The average molecular weight is 370 g/mol. The van der Waals surface area contributed by atoms with E-state index in [0.29, 0.717) is 36.1 Å². The number of anilines is 1. The van der Waals surface area contributed by atoms with Crippen LogP contribution in [0.5, 0.6) is 11.5 Å². The Hall–Kier alpha value is -2.83. The molecule has 0 saturated heterocycles. The minimum Gasteiger partial charge on any atom is -0.493 e. The summed E-state index contributed by atoms with van der Waals surface area (Å²) >= 11 is 0. The fraction of sp³-hybridized carbons (Fsp3) is 0.450. The molecule has 2 heterocycles. The SMILES string of the molecule is COc1cc2c(cc1OC)CN(C(=O)c1cnc(NC(C)(C)C)nc1)CC2. The van der Waals surface area contributed by atoms with E-state index in [1.54, 1.807) is 26.6 Å². The van der Waals surface area contributed by atoms with E-state index in [1.165, 1.54) is 5.56 Å². The molecule has 27 heavy (non-hydrogen) atoms. The van der Waals surface area contributed by atoms with Crippen LogP contribution >= 0.6 is 0 Å². The second kappa shape index (κ2) is 7.42. The Morgan fingerprint density at radius 1 is 1.07 bits per heavy atom. The molecular weight excluding hydrogens is 344 g/mol. The van der Waals surface area contributed by atoms with Gasteiger partial charge in [-0.25, -0.2) is 9.97 Å². The van der Waals surface area contributed by atoms with Gasteiger partial charge in [-0.3, -0.25) is 4.79 Å². The van der Waals surface area contributed by atoms with Crippen LogP contribution in [0, 0.1) is 0 Å². The highest BCUT2D eigenvalue weighted by Gasteiger charge is 2.24. The summed E-state index contributed by atoms with van der Waals surface area (Å²) < 4.78 is 10.7. The summed E-state index contributed by atoms with van der Waals surface area (Å²) in [6, 6.07) is 3.94. The predicted molar refractivity (Wildman–Crippen MR) is 103 cm³/mol. The summed E-state index contributed by atoms with van der Waals surface area (Å²) in [6.07, 6.45) is 3.92. The molecule has 0 atom stereocenters. The van der Waals surface area contributed by atoms with Gasteiger partial charge in [0.1, 0.15) is 0 Å². The van der Waals surface area contributed by atoms with Crippen molar-refractivity contribution in [1.82, 2.24) is 14.9 Å². The summed E-state index contributed by atoms with van der Waals surface area (Å²) in [7, 11) is 3.24. The Morgan fingerprint density at radius 3 is 2.22 bits per heavy atom. The minimum atomic E-state index is -0.137. The van der Waals surface area contributed by atoms with E-state index in [9.17, 15) is 4.79 Å². The van der Waals surface area contributed by atoms with Gasteiger partial charge in [0.2, 0.25) is 5.95 Å². The molecule has 0 unspecified atom stereocenters. The average Bonchev–Trinajstić information content (AvgIpc) is 2.65. The summed E-state index contributed by atoms with van der Waals surface area (Å²) in [5, 5.41) is 3.19. The van der Waals surface area contributed by atoms with Crippen LogP contribution in [0.4, 0.5) is 5.95 Å². The van der Waals surface area contributed by atoms with E-state index in [0.717, 1.165) is 12.0 Å². The van der Waals surface area contributed by atoms with Crippen LogP contribution in [0.25, 0.3) is 0 Å². The first kappa shape index (κ1) is 18.9. The zero-order chi connectivity index (χ0) is 19.6. The third kappa shape index (κ3) is 4.30. The van der Waals surface area contributed by atoms with Gasteiger partial charge in [0.05, 0.1) is 19.8 Å². The van der Waals surface area contributed by atoms with Gasteiger partial charge >= 0.3 is 0 Å². The lowest BCUT2D eigenvalue weighted by molar-refractivity contribution is 0.0733. The van der Waals surface area contributed by atoms with Gasteiger partial charge in [-0.2, -0.15) is 0 Å². The number of carbonyl (C=O) groups is 1. The number of fused-ring (bicyclic) bond motifs is 1. The smallest absolute Gasteiger partial charge is 0.257 e.